The number of benzene rings is 3. The molecule has 1 aromatic heterocycles. The SMILES string of the molecule is c1ccc(CCNCc2ncc(-c3ccc(-c4ccccc4)cc3)s2)cc1. The molecule has 4 aromatic rings. The molecular formula is C24H22N2S. The summed E-state index contributed by atoms with van der Waals surface area (Å²) < 4.78 is 0. The molecule has 4 rings (SSSR count). The lowest BCUT2D eigenvalue weighted by Crippen LogP contribution is -2.16. The Labute approximate surface area is 164 Å². The number of thiazole rings is 1. The van der Waals surface area contributed by atoms with E-state index in [1.54, 1.807) is 11.3 Å². The molecule has 0 aliphatic heterocycles. The maximum absolute atomic E-state index is 4.57. The van der Waals surface area contributed by atoms with Crippen LogP contribution in [0, 0.1) is 0 Å². The van der Waals surface area contributed by atoms with Gasteiger partial charge in [0, 0.05) is 12.7 Å². The van der Waals surface area contributed by atoms with Gasteiger partial charge in [-0.2, -0.15) is 0 Å². The van der Waals surface area contributed by atoms with Crippen LogP contribution in [0.25, 0.3) is 21.6 Å². The molecular weight excluding hydrogens is 348 g/mol. The first-order valence-corrected chi connectivity index (χ1v) is 10.1. The molecule has 0 aliphatic rings. The summed E-state index contributed by atoms with van der Waals surface area (Å²) in [5.74, 6) is 0. The third-order valence-electron chi connectivity index (χ3n) is 4.54. The van der Waals surface area contributed by atoms with Crippen LogP contribution in [-0.4, -0.2) is 11.5 Å². The van der Waals surface area contributed by atoms with E-state index in [-0.39, 0.29) is 0 Å². The molecule has 0 fully saturated rings. The summed E-state index contributed by atoms with van der Waals surface area (Å²) in [5.41, 5.74) is 5.08. The van der Waals surface area contributed by atoms with E-state index in [0.717, 1.165) is 24.5 Å². The zero-order valence-electron chi connectivity index (χ0n) is 15.1. The molecule has 1 N–H and O–H groups in total. The Kier molecular flexibility index (Phi) is 5.73. The lowest BCUT2D eigenvalue weighted by atomic mass is 10.0. The topological polar surface area (TPSA) is 24.9 Å². The molecule has 0 radical (unpaired) electrons. The number of nitrogens with zero attached hydrogens (tertiary/aromatic N) is 1. The van der Waals surface area contributed by atoms with E-state index in [0.29, 0.717) is 0 Å². The summed E-state index contributed by atoms with van der Waals surface area (Å²) in [6.45, 7) is 1.78. The number of nitrogens with one attached hydrogen (secondary N) is 1. The van der Waals surface area contributed by atoms with Crippen molar-refractivity contribution in [2.24, 2.45) is 0 Å². The van der Waals surface area contributed by atoms with Crippen LogP contribution in [0.15, 0.2) is 91.1 Å². The Morgan fingerprint density at radius 2 is 1.33 bits per heavy atom. The summed E-state index contributed by atoms with van der Waals surface area (Å²) in [7, 11) is 0. The molecule has 1 heterocycles. The van der Waals surface area contributed by atoms with E-state index in [2.05, 4.69) is 89.2 Å². The number of hydrogen-bond acceptors (Lipinski definition) is 3. The molecule has 0 amide bonds. The molecule has 0 bridgehead atoms. The largest absolute Gasteiger partial charge is 0.310 e. The molecule has 0 unspecified atom stereocenters. The Morgan fingerprint density at radius 3 is 2.07 bits per heavy atom. The fraction of sp³-hybridized carbons (Fsp3) is 0.125. The summed E-state index contributed by atoms with van der Waals surface area (Å²) in [5, 5.41) is 4.62. The van der Waals surface area contributed by atoms with Gasteiger partial charge >= 0.3 is 0 Å². The molecule has 27 heavy (non-hydrogen) atoms. The lowest BCUT2D eigenvalue weighted by Gasteiger charge is -2.03. The number of hydrogen-bond donors (Lipinski definition) is 1. The van der Waals surface area contributed by atoms with Crippen molar-refractivity contribution in [3.05, 3.63) is 102 Å². The van der Waals surface area contributed by atoms with Gasteiger partial charge in [-0.05, 0) is 35.2 Å². The minimum absolute atomic E-state index is 0.819. The van der Waals surface area contributed by atoms with Crippen LogP contribution in [0.4, 0.5) is 0 Å². The normalized spacial score (nSPS) is 10.8. The van der Waals surface area contributed by atoms with Crippen molar-refractivity contribution in [2.45, 2.75) is 13.0 Å². The van der Waals surface area contributed by atoms with E-state index in [4.69, 9.17) is 0 Å². The van der Waals surface area contributed by atoms with Gasteiger partial charge in [0.05, 0.1) is 4.88 Å². The Bertz CT molecular complexity index is 960. The van der Waals surface area contributed by atoms with Crippen LogP contribution in [0.1, 0.15) is 10.6 Å². The predicted molar refractivity (Wildman–Crippen MR) is 115 cm³/mol. The van der Waals surface area contributed by atoms with Gasteiger partial charge in [-0.15, -0.1) is 11.3 Å². The van der Waals surface area contributed by atoms with E-state index < -0.39 is 0 Å². The molecule has 0 spiro atoms. The molecule has 2 nitrogen and oxygen atoms in total. The van der Waals surface area contributed by atoms with Gasteiger partial charge in [-0.25, -0.2) is 4.98 Å². The van der Waals surface area contributed by atoms with Crippen molar-refractivity contribution in [2.75, 3.05) is 6.54 Å². The lowest BCUT2D eigenvalue weighted by molar-refractivity contribution is 0.684. The quantitative estimate of drug-likeness (QED) is 0.415. The molecule has 0 saturated heterocycles. The van der Waals surface area contributed by atoms with Crippen molar-refractivity contribution < 1.29 is 0 Å². The molecule has 0 saturated carbocycles. The third kappa shape index (κ3) is 4.70. The smallest absolute Gasteiger partial charge is 0.107 e. The fourth-order valence-corrected chi connectivity index (χ4v) is 3.95. The zero-order valence-corrected chi connectivity index (χ0v) is 16.0. The van der Waals surface area contributed by atoms with Gasteiger partial charge in [-0.3, -0.25) is 0 Å². The van der Waals surface area contributed by atoms with Gasteiger partial charge in [-0.1, -0.05) is 84.9 Å². The Morgan fingerprint density at radius 1 is 0.704 bits per heavy atom. The summed E-state index contributed by atoms with van der Waals surface area (Å²) in [4.78, 5) is 5.79. The highest BCUT2D eigenvalue weighted by atomic mass is 32.1. The average molecular weight is 371 g/mol. The van der Waals surface area contributed by atoms with Gasteiger partial charge in [0.1, 0.15) is 5.01 Å². The first-order valence-electron chi connectivity index (χ1n) is 9.24. The zero-order chi connectivity index (χ0) is 18.3. The van der Waals surface area contributed by atoms with E-state index in [1.807, 2.05) is 12.3 Å². The summed E-state index contributed by atoms with van der Waals surface area (Å²) in [6, 6.07) is 29.8. The van der Waals surface area contributed by atoms with Crippen LogP contribution in [0.2, 0.25) is 0 Å². The van der Waals surface area contributed by atoms with Crippen molar-refractivity contribution in [1.82, 2.24) is 10.3 Å². The van der Waals surface area contributed by atoms with Gasteiger partial charge in [0.15, 0.2) is 0 Å². The average Bonchev–Trinajstić information content (AvgIpc) is 3.22. The summed E-state index contributed by atoms with van der Waals surface area (Å²) in [6.07, 6.45) is 3.02. The first kappa shape index (κ1) is 17.7. The van der Waals surface area contributed by atoms with Crippen LogP contribution in [0.3, 0.4) is 0 Å². The van der Waals surface area contributed by atoms with E-state index >= 15 is 0 Å². The van der Waals surface area contributed by atoms with E-state index in [9.17, 15) is 0 Å². The summed E-state index contributed by atoms with van der Waals surface area (Å²) >= 11 is 1.76. The van der Waals surface area contributed by atoms with Crippen LogP contribution in [-0.2, 0) is 13.0 Å². The third-order valence-corrected chi connectivity index (χ3v) is 5.59. The van der Waals surface area contributed by atoms with Crippen molar-refractivity contribution in [1.29, 1.82) is 0 Å². The maximum atomic E-state index is 4.57. The highest BCUT2D eigenvalue weighted by Crippen LogP contribution is 2.28. The van der Waals surface area contributed by atoms with Gasteiger partial charge < -0.3 is 5.32 Å². The highest BCUT2D eigenvalue weighted by Gasteiger charge is 2.05. The molecule has 134 valence electrons. The molecule has 0 atom stereocenters. The standard InChI is InChI=1S/C24H22N2S/c1-3-7-19(8-4-1)15-16-25-18-24-26-17-23(27-24)22-13-11-21(12-14-22)20-9-5-2-6-10-20/h1-14,17,25H,15-16,18H2. The minimum atomic E-state index is 0.819. The van der Waals surface area contributed by atoms with Crippen LogP contribution in [0.5, 0.6) is 0 Å². The van der Waals surface area contributed by atoms with Crippen LogP contribution < -0.4 is 5.32 Å². The molecule has 3 heteroatoms. The minimum Gasteiger partial charge on any atom is -0.310 e. The van der Waals surface area contributed by atoms with Crippen molar-refractivity contribution >= 4 is 11.3 Å². The second kappa shape index (κ2) is 8.76. The second-order valence-corrected chi connectivity index (χ2v) is 7.59. The van der Waals surface area contributed by atoms with Gasteiger partial charge in [0.2, 0.25) is 0 Å². The van der Waals surface area contributed by atoms with Crippen molar-refractivity contribution in [3.63, 3.8) is 0 Å². The predicted octanol–water partition coefficient (Wildman–Crippen LogP) is 5.81. The van der Waals surface area contributed by atoms with Crippen molar-refractivity contribution in [3.8, 4) is 21.6 Å². The molecule has 3 aromatic carbocycles. The Balaban J connectivity index is 1.33. The Hall–Kier alpha value is -2.75. The van der Waals surface area contributed by atoms with Crippen LogP contribution >= 0.6 is 11.3 Å². The maximum Gasteiger partial charge on any atom is 0.107 e. The highest BCUT2D eigenvalue weighted by molar-refractivity contribution is 7.15. The monoisotopic (exact) mass is 370 g/mol. The number of aromatic nitrogens is 1. The number of rotatable bonds is 7. The van der Waals surface area contributed by atoms with E-state index in [1.165, 1.54) is 27.1 Å². The first-order chi connectivity index (χ1) is 13.4. The fourth-order valence-electron chi connectivity index (χ4n) is 3.06. The second-order valence-electron chi connectivity index (χ2n) is 6.47. The van der Waals surface area contributed by atoms with Gasteiger partial charge in [0.25, 0.3) is 0 Å². The molecule has 0 aliphatic carbocycles.